The van der Waals surface area contributed by atoms with Gasteiger partial charge in [-0.2, -0.15) is 0 Å². The Bertz CT molecular complexity index is 601. The van der Waals surface area contributed by atoms with Crippen molar-refractivity contribution < 1.29 is 9.34 Å². The van der Waals surface area contributed by atoms with E-state index in [0.29, 0.717) is 18.2 Å². The Balaban J connectivity index is 1.55. The van der Waals surface area contributed by atoms with E-state index in [2.05, 4.69) is 29.2 Å². The zero-order valence-electron chi connectivity index (χ0n) is 11.8. The minimum Gasteiger partial charge on any atom is -0.404 e. The molecule has 1 aromatic carbocycles. The summed E-state index contributed by atoms with van der Waals surface area (Å²) in [4.78, 5) is 12.4. The van der Waals surface area contributed by atoms with E-state index in [1.165, 1.54) is 11.6 Å². The van der Waals surface area contributed by atoms with Gasteiger partial charge in [0.25, 0.3) is 0 Å². The number of furan rings is 1. The first kappa shape index (κ1) is 13.8. The standard InChI is InChI=1S/C16H18N2O3/c19-18(20)16-7-6-15(21-16)12-17-10-8-14(9-11-17)13-4-2-1-3-5-13/h1-7,14H,8-12H2. The second-order valence-electron chi connectivity index (χ2n) is 5.46. The van der Waals surface area contributed by atoms with Gasteiger partial charge in [0.05, 0.1) is 12.6 Å². The third kappa shape index (κ3) is 3.31. The summed E-state index contributed by atoms with van der Waals surface area (Å²) < 4.78 is 5.22. The highest BCUT2D eigenvalue weighted by molar-refractivity contribution is 5.20. The maximum Gasteiger partial charge on any atom is 0.433 e. The Labute approximate surface area is 123 Å². The molecule has 0 aliphatic carbocycles. The molecule has 1 aromatic heterocycles. The molecule has 2 aromatic rings. The largest absolute Gasteiger partial charge is 0.433 e. The van der Waals surface area contributed by atoms with Crippen LogP contribution in [0, 0.1) is 10.1 Å². The predicted molar refractivity (Wildman–Crippen MR) is 79.1 cm³/mol. The zero-order valence-corrected chi connectivity index (χ0v) is 11.8. The molecule has 0 unspecified atom stereocenters. The van der Waals surface area contributed by atoms with Gasteiger partial charge >= 0.3 is 5.88 Å². The van der Waals surface area contributed by atoms with Crippen LogP contribution in [0.5, 0.6) is 0 Å². The van der Waals surface area contributed by atoms with Crippen molar-refractivity contribution in [3.8, 4) is 0 Å². The van der Waals surface area contributed by atoms with Crippen molar-refractivity contribution in [1.29, 1.82) is 0 Å². The number of hydrogen-bond donors (Lipinski definition) is 0. The Morgan fingerprint density at radius 1 is 1.14 bits per heavy atom. The summed E-state index contributed by atoms with van der Waals surface area (Å²) in [6, 6.07) is 13.7. The first-order valence-corrected chi connectivity index (χ1v) is 7.23. The molecule has 0 radical (unpaired) electrons. The number of piperidine rings is 1. The fourth-order valence-corrected chi connectivity index (χ4v) is 2.92. The summed E-state index contributed by atoms with van der Waals surface area (Å²) in [6.45, 7) is 2.64. The van der Waals surface area contributed by atoms with E-state index in [1.807, 2.05) is 6.07 Å². The summed E-state index contributed by atoms with van der Waals surface area (Å²) in [5, 5.41) is 10.6. The van der Waals surface area contributed by atoms with Gasteiger partial charge in [0.15, 0.2) is 0 Å². The molecule has 110 valence electrons. The third-order valence-electron chi connectivity index (χ3n) is 4.07. The van der Waals surface area contributed by atoms with Gasteiger partial charge in [-0.1, -0.05) is 30.3 Å². The Hall–Kier alpha value is -2.14. The van der Waals surface area contributed by atoms with Crippen molar-refractivity contribution in [2.45, 2.75) is 25.3 Å². The summed E-state index contributed by atoms with van der Waals surface area (Å²) in [7, 11) is 0. The quantitative estimate of drug-likeness (QED) is 0.637. The molecule has 0 spiro atoms. The van der Waals surface area contributed by atoms with Crippen LogP contribution in [0.4, 0.5) is 5.88 Å². The van der Waals surface area contributed by atoms with Gasteiger partial charge in [0.2, 0.25) is 0 Å². The molecule has 0 amide bonds. The first-order chi connectivity index (χ1) is 10.2. The first-order valence-electron chi connectivity index (χ1n) is 7.23. The van der Waals surface area contributed by atoms with Crippen LogP contribution in [-0.4, -0.2) is 22.9 Å². The molecule has 21 heavy (non-hydrogen) atoms. The van der Waals surface area contributed by atoms with Crippen molar-refractivity contribution in [2.24, 2.45) is 0 Å². The van der Waals surface area contributed by atoms with Crippen LogP contribution in [0.2, 0.25) is 0 Å². The van der Waals surface area contributed by atoms with E-state index in [1.54, 1.807) is 6.07 Å². The Morgan fingerprint density at radius 2 is 1.86 bits per heavy atom. The summed E-state index contributed by atoms with van der Waals surface area (Å²) in [5.41, 5.74) is 1.41. The molecule has 0 atom stereocenters. The van der Waals surface area contributed by atoms with Crippen molar-refractivity contribution in [2.75, 3.05) is 13.1 Å². The molecule has 3 rings (SSSR count). The summed E-state index contributed by atoms with van der Waals surface area (Å²) in [6.07, 6.45) is 2.24. The Kier molecular flexibility index (Phi) is 4.01. The van der Waals surface area contributed by atoms with E-state index < -0.39 is 4.92 Å². The van der Waals surface area contributed by atoms with Crippen LogP contribution < -0.4 is 0 Å². The normalized spacial score (nSPS) is 17.0. The highest BCUT2D eigenvalue weighted by Crippen LogP contribution is 2.28. The van der Waals surface area contributed by atoms with Crippen LogP contribution in [0.3, 0.4) is 0 Å². The van der Waals surface area contributed by atoms with Gasteiger partial charge in [0, 0.05) is 0 Å². The summed E-state index contributed by atoms with van der Waals surface area (Å²) in [5.74, 6) is 1.11. The number of nitrogens with zero attached hydrogens (tertiary/aromatic N) is 2. The smallest absolute Gasteiger partial charge is 0.404 e. The van der Waals surface area contributed by atoms with Gasteiger partial charge in [-0.05, 0) is 43.5 Å². The molecule has 0 bridgehead atoms. The van der Waals surface area contributed by atoms with E-state index >= 15 is 0 Å². The van der Waals surface area contributed by atoms with Crippen LogP contribution in [0.15, 0.2) is 46.9 Å². The lowest BCUT2D eigenvalue weighted by molar-refractivity contribution is -0.402. The lowest BCUT2D eigenvalue weighted by Crippen LogP contribution is -2.32. The molecule has 1 aliphatic rings. The minimum absolute atomic E-state index is 0.177. The third-order valence-corrected chi connectivity index (χ3v) is 4.07. The maximum absolute atomic E-state index is 10.6. The van der Waals surface area contributed by atoms with Crippen LogP contribution in [0.25, 0.3) is 0 Å². The lowest BCUT2D eigenvalue weighted by Gasteiger charge is -2.31. The molecule has 2 heterocycles. The number of hydrogen-bond acceptors (Lipinski definition) is 4. The van der Waals surface area contributed by atoms with Crippen LogP contribution in [-0.2, 0) is 6.54 Å². The molecular formula is C16H18N2O3. The van der Waals surface area contributed by atoms with Gasteiger partial charge in [-0.3, -0.25) is 15.0 Å². The topological polar surface area (TPSA) is 59.5 Å². The molecule has 5 heteroatoms. The van der Waals surface area contributed by atoms with Crippen LogP contribution >= 0.6 is 0 Å². The van der Waals surface area contributed by atoms with E-state index in [9.17, 15) is 10.1 Å². The van der Waals surface area contributed by atoms with Crippen molar-refractivity contribution >= 4 is 5.88 Å². The van der Waals surface area contributed by atoms with Gasteiger partial charge in [0.1, 0.15) is 10.7 Å². The fraction of sp³-hybridized carbons (Fsp3) is 0.375. The number of likely N-dealkylation sites (tertiary alicyclic amines) is 1. The predicted octanol–water partition coefficient (Wildman–Crippen LogP) is 3.57. The monoisotopic (exact) mass is 286 g/mol. The number of benzene rings is 1. The van der Waals surface area contributed by atoms with Crippen molar-refractivity contribution in [3.63, 3.8) is 0 Å². The molecule has 1 aliphatic heterocycles. The SMILES string of the molecule is O=[N+]([O-])c1ccc(CN2CCC(c3ccccc3)CC2)o1. The van der Waals surface area contributed by atoms with Gasteiger partial charge in [-0.25, -0.2) is 0 Å². The van der Waals surface area contributed by atoms with E-state index in [0.717, 1.165) is 25.9 Å². The second kappa shape index (κ2) is 6.10. The van der Waals surface area contributed by atoms with E-state index in [-0.39, 0.29) is 5.88 Å². The molecule has 5 nitrogen and oxygen atoms in total. The number of rotatable bonds is 4. The molecule has 0 N–H and O–H groups in total. The molecular weight excluding hydrogens is 268 g/mol. The number of nitro groups is 1. The molecule has 1 fully saturated rings. The second-order valence-corrected chi connectivity index (χ2v) is 5.46. The van der Waals surface area contributed by atoms with Crippen molar-refractivity contribution in [1.82, 2.24) is 4.90 Å². The van der Waals surface area contributed by atoms with Gasteiger partial charge in [-0.15, -0.1) is 0 Å². The molecule has 1 saturated heterocycles. The van der Waals surface area contributed by atoms with Gasteiger partial charge < -0.3 is 4.42 Å². The van der Waals surface area contributed by atoms with E-state index in [4.69, 9.17) is 4.42 Å². The average Bonchev–Trinajstić information content (AvgIpc) is 2.98. The van der Waals surface area contributed by atoms with Crippen molar-refractivity contribution in [3.05, 3.63) is 63.9 Å². The minimum atomic E-state index is -0.495. The highest BCUT2D eigenvalue weighted by Gasteiger charge is 2.22. The van der Waals surface area contributed by atoms with Crippen LogP contribution in [0.1, 0.15) is 30.1 Å². The Morgan fingerprint density at radius 3 is 2.48 bits per heavy atom. The highest BCUT2D eigenvalue weighted by atomic mass is 16.6. The zero-order chi connectivity index (χ0) is 14.7. The lowest BCUT2D eigenvalue weighted by atomic mass is 9.89. The average molecular weight is 286 g/mol. The summed E-state index contributed by atoms with van der Waals surface area (Å²) >= 11 is 0. The fourth-order valence-electron chi connectivity index (χ4n) is 2.92. The maximum atomic E-state index is 10.6. The molecule has 0 saturated carbocycles.